The average Bonchev–Trinajstić information content (AvgIpc) is 2.31. The third-order valence-electron chi connectivity index (χ3n) is 3.18. The first kappa shape index (κ1) is 11.7. The predicted molar refractivity (Wildman–Crippen MR) is 65.8 cm³/mol. The van der Waals surface area contributed by atoms with E-state index in [4.69, 9.17) is 17.0 Å². The van der Waals surface area contributed by atoms with Gasteiger partial charge in [-0.3, -0.25) is 0 Å². The van der Waals surface area contributed by atoms with Crippen molar-refractivity contribution >= 4 is 12.2 Å². The molecule has 0 amide bonds. The van der Waals surface area contributed by atoms with Gasteiger partial charge in [0.2, 0.25) is 0 Å². The summed E-state index contributed by atoms with van der Waals surface area (Å²) < 4.78 is 6.70. The third kappa shape index (κ3) is 2.33. The fourth-order valence-corrected chi connectivity index (χ4v) is 2.61. The second-order valence-corrected chi connectivity index (χ2v) is 4.71. The molecule has 1 heterocycles. The molecule has 0 bridgehead atoms. The van der Waals surface area contributed by atoms with Gasteiger partial charge < -0.3 is 9.72 Å². The Balaban J connectivity index is 2.34. The molecule has 0 unspecified atom stereocenters. The van der Waals surface area contributed by atoms with E-state index >= 15 is 0 Å². The Morgan fingerprint density at radius 2 is 2.19 bits per heavy atom. The van der Waals surface area contributed by atoms with Crippen LogP contribution in [0.4, 0.5) is 0 Å². The number of nitrogens with zero attached hydrogens (tertiary/aromatic N) is 1. The van der Waals surface area contributed by atoms with Gasteiger partial charge in [0.25, 0.3) is 0 Å². The Morgan fingerprint density at radius 3 is 2.81 bits per heavy atom. The molecular formula is C12H18N2OS. The quantitative estimate of drug-likeness (QED) is 0.821. The van der Waals surface area contributed by atoms with Crippen LogP contribution in [0.25, 0.3) is 0 Å². The number of hydrogen-bond donors (Lipinski definition) is 1. The number of aromatic amines is 1. The maximum atomic E-state index is 5.97. The van der Waals surface area contributed by atoms with Crippen molar-refractivity contribution in [2.45, 2.75) is 44.6 Å². The van der Waals surface area contributed by atoms with Crippen molar-refractivity contribution in [3.05, 3.63) is 22.7 Å². The van der Waals surface area contributed by atoms with E-state index in [9.17, 15) is 0 Å². The van der Waals surface area contributed by atoms with E-state index in [0.29, 0.717) is 0 Å². The average molecular weight is 238 g/mol. The van der Waals surface area contributed by atoms with E-state index in [2.05, 4.69) is 9.97 Å². The van der Waals surface area contributed by atoms with Crippen LogP contribution >= 0.6 is 12.2 Å². The van der Waals surface area contributed by atoms with Crippen molar-refractivity contribution in [2.24, 2.45) is 0 Å². The molecule has 1 aromatic rings. The van der Waals surface area contributed by atoms with Gasteiger partial charge in [0.15, 0.2) is 0 Å². The summed E-state index contributed by atoms with van der Waals surface area (Å²) in [5.74, 6) is 0.904. The zero-order valence-corrected chi connectivity index (χ0v) is 10.5. The Hall–Kier alpha value is -0.740. The van der Waals surface area contributed by atoms with Gasteiger partial charge in [-0.1, -0.05) is 31.5 Å². The minimum atomic E-state index is -0.220. The summed E-state index contributed by atoms with van der Waals surface area (Å²) in [6.07, 6.45) is 7.56. The predicted octanol–water partition coefficient (Wildman–Crippen LogP) is 3.34. The topological polar surface area (TPSA) is 37.9 Å². The lowest BCUT2D eigenvalue weighted by molar-refractivity contribution is -0.0767. The summed E-state index contributed by atoms with van der Waals surface area (Å²) >= 11 is 5.15. The molecular weight excluding hydrogens is 220 g/mol. The maximum Gasteiger partial charge on any atom is 0.139 e. The van der Waals surface area contributed by atoms with Gasteiger partial charge in [-0.25, -0.2) is 4.98 Å². The third-order valence-corrected chi connectivity index (χ3v) is 3.42. The minimum Gasteiger partial charge on any atom is -0.367 e. The summed E-state index contributed by atoms with van der Waals surface area (Å²) in [5.41, 5.74) is -0.220. The summed E-state index contributed by atoms with van der Waals surface area (Å²) in [6, 6.07) is 1.81. The van der Waals surface area contributed by atoms with Crippen LogP contribution in [0.15, 0.2) is 12.3 Å². The van der Waals surface area contributed by atoms with Gasteiger partial charge >= 0.3 is 0 Å². The second-order valence-electron chi connectivity index (χ2n) is 4.27. The summed E-state index contributed by atoms with van der Waals surface area (Å²) in [4.78, 5) is 7.59. The van der Waals surface area contributed by atoms with E-state index in [0.717, 1.165) is 29.9 Å². The minimum absolute atomic E-state index is 0.220. The van der Waals surface area contributed by atoms with Crippen molar-refractivity contribution in [1.29, 1.82) is 0 Å². The first-order valence-electron chi connectivity index (χ1n) is 5.96. The monoisotopic (exact) mass is 238 g/mol. The maximum absolute atomic E-state index is 5.97. The van der Waals surface area contributed by atoms with Crippen LogP contribution in [0.1, 0.15) is 44.9 Å². The Labute approximate surface area is 101 Å². The standard InChI is InChI=1S/C12H18N2OS/c1-2-15-12(7-4-3-5-8-12)11-13-9-6-10(16)14-11/h6,9H,2-5,7-8H2,1H3,(H,13,14,16). The number of nitrogens with one attached hydrogen (secondary N) is 1. The van der Waals surface area contributed by atoms with E-state index in [1.54, 1.807) is 12.3 Å². The number of aromatic nitrogens is 2. The molecule has 0 aliphatic heterocycles. The lowest BCUT2D eigenvalue weighted by atomic mass is 9.84. The highest BCUT2D eigenvalue weighted by Crippen LogP contribution is 2.38. The SMILES string of the molecule is CCOC1(c2nccc(=S)[nH]2)CCCCC1. The van der Waals surface area contributed by atoms with Crippen molar-refractivity contribution in [3.8, 4) is 0 Å². The highest BCUT2D eigenvalue weighted by atomic mass is 32.1. The molecule has 0 saturated heterocycles. The number of hydrogen-bond acceptors (Lipinski definition) is 3. The highest BCUT2D eigenvalue weighted by molar-refractivity contribution is 7.71. The molecule has 0 atom stereocenters. The molecule has 4 heteroatoms. The molecule has 2 rings (SSSR count). The van der Waals surface area contributed by atoms with Crippen molar-refractivity contribution in [3.63, 3.8) is 0 Å². The van der Waals surface area contributed by atoms with Crippen molar-refractivity contribution in [2.75, 3.05) is 6.61 Å². The van der Waals surface area contributed by atoms with Crippen LogP contribution < -0.4 is 0 Å². The fraction of sp³-hybridized carbons (Fsp3) is 0.667. The molecule has 1 aromatic heterocycles. The van der Waals surface area contributed by atoms with Gasteiger partial charge in [0.1, 0.15) is 16.1 Å². The number of rotatable bonds is 3. The van der Waals surface area contributed by atoms with Crippen LogP contribution in [-0.2, 0) is 10.3 Å². The van der Waals surface area contributed by atoms with Gasteiger partial charge in [0.05, 0.1) is 0 Å². The highest BCUT2D eigenvalue weighted by Gasteiger charge is 2.36. The van der Waals surface area contributed by atoms with Crippen LogP contribution in [0.5, 0.6) is 0 Å². The largest absolute Gasteiger partial charge is 0.367 e. The first-order chi connectivity index (χ1) is 7.77. The van der Waals surface area contributed by atoms with E-state index < -0.39 is 0 Å². The van der Waals surface area contributed by atoms with Crippen molar-refractivity contribution < 1.29 is 4.74 Å². The molecule has 1 N–H and O–H groups in total. The lowest BCUT2D eigenvalue weighted by Crippen LogP contribution is -2.34. The fourth-order valence-electron chi connectivity index (χ4n) is 2.45. The molecule has 3 nitrogen and oxygen atoms in total. The summed E-state index contributed by atoms with van der Waals surface area (Å²) in [6.45, 7) is 2.76. The van der Waals surface area contributed by atoms with Crippen LogP contribution in [-0.4, -0.2) is 16.6 Å². The number of H-pyrrole nitrogens is 1. The Kier molecular flexibility index (Phi) is 3.71. The van der Waals surface area contributed by atoms with Crippen LogP contribution in [0, 0.1) is 4.64 Å². The van der Waals surface area contributed by atoms with E-state index in [-0.39, 0.29) is 5.60 Å². The van der Waals surface area contributed by atoms with Gasteiger partial charge in [-0.2, -0.15) is 0 Å². The molecule has 88 valence electrons. The smallest absolute Gasteiger partial charge is 0.139 e. The first-order valence-corrected chi connectivity index (χ1v) is 6.37. The van der Waals surface area contributed by atoms with Gasteiger partial charge in [0, 0.05) is 12.8 Å². The van der Waals surface area contributed by atoms with Crippen LogP contribution in [0.2, 0.25) is 0 Å². The zero-order valence-electron chi connectivity index (χ0n) is 9.66. The molecule has 1 aliphatic carbocycles. The van der Waals surface area contributed by atoms with E-state index in [1.807, 2.05) is 6.92 Å². The Morgan fingerprint density at radius 1 is 1.44 bits per heavy atom. The molecule has 1 saturated carbocycles. The molecule has 1 aliphatic rings. The zero-order chi connectivity index (χ0) is 11.4. The summed E-state index contributed by atoms with van der Waals surface area (Å²) in [7, 11) is 0. The Bertz CT molecular complexity index is 390. The van der Waals surface area contributed by atoms with Crippen molar-refractivity contribution in [1.82, 2.24) is 9.97 Å². The molecule has 1 fully saturated rings. The number of ether oxygens (including phenoxy) is 1. The molecule has 16 heavy (non-hydrogen) atoms. The normalized spacial score (nSPS) is 19.6. The van der Waals surface area contributed by atoms with Gasteiger partial charge in [-0.15, -0.1) is 0 Å². The second kappa shape index (κ2) is 5.06. The van der Waals surface area contributed by atoms with E-state index in [1.165, 1.54) is 19.3 Å². The van der Waals surface area contributed by atoms with Gasteiger partial charge in [-0.05, 0) is 25.8 Å². The lowest BCUT2D eigenvalue weighted by Gasteiger charge is -2.35. The van der Waals surface area contributed by atoms with Crippen LogP contribution in [0.3, 0.4) is 0 Å². The molecule has 0 spiro atoms. The summed E-state index contributed by atoms with van der Waals surface area (Å²) in [5, 5.41) is 0. The molecule has 0 radical (unpaired) electrons. The molecule has 0 aromatic carbocycles.